The zero-order valence-electron chi connectivity index (χ0n) is 22.8. The standard InChI is InChI=1S/C31H32FN5O3/c1-20-4-5-23(16-27(20)36-31-34-12-10-26(35-31)21-6-8-25(32)9-7-21)30(38)33-13-15-37-14-11-22-17-28(39-2)29(40-3)18-24(22)19-37/h4-10,12,16-18H,11,13-15,19H2,1-3H3,(H,33,38)(H,34,35,36). The van der Waals surface area contributed by atoms with Crippen molar-refractivity contribution in [3.05, 3.63) is 94.9 Å². The first-order chi connectivity index (χ1) is 19.4. The predicted molar refractivity (Wildman–Crippen MR) is 153 cm³/mol. The van der Waals surface area contributed by atoms with Gasteiger partial charge in [0.15, 0.2) is 11.5 Å². The Hall–Kier alpha value is -4.50. The van der Waals surface area contributed by atoms with Gasteiger partial charge in [-0.2, -0.15) is 0 Å². The minimum absolute atomic E-state index is 0.146. The molecule has 1 aromatic heterocycles. The van der Waals surface area contributed by atoms with Crippen molar-refractivity contribution in [1.29, 1.82) is 0 Å². The Morgan fingerprint density at radius 2 is 1.75 bits per heavy atom. The second-order valence-electron chi connectivity index (χ2n) is 9.69. The van der Waals surface area contributed by atoms with Gasteiger partial charge in [0.1, 0.15) is 5.82 Å². The van der Waals surface area contributed by atoms with Crippen molar-refractivity contribution in [3.63, 3.8) is 0 Å². The highest BCUT2D eigenvalue weighted by molar-refractivity contribution is 5.95. The third kappa shape index (κ3) is 6.21. The molecule has 0 bridgehead atoms. The van der Waals surface area contributed by atoms with Crippen LogP contribution in [0.2, 0.25) is 0 Å². The summed E-state index contributed by atoms with van der Waals surface area (Å²) >= 11 is 0. The van der Waals surface area contributed by atoms with E-state index >= 15 is 0 Å². The maximum atomic E-state index is 13.3. The Bertz CT molecular complexity index is 1510. The van der Waals surface area contributed by atoms with Crippen molar-refractivity contribution in [3.8, 4) is 22.8 Å². The first-order valence-corrected chi connectivity index (χ1v) is 13.1. The van der Waals surface area contributed by atoms with Crippen LogP contribution in [0.1, 0.15) is 27.0 Å². The number of anilines is 2. The Labute approximate surface area is 233 Å². The van der Waals surface area contributed by atoms with Crippen molar-refractivity contribution in [2.75, 3.05) is 39.2 Å². The van der Waals surface area contributed by atoms with E-state index in [4.69, 9.17) is 9.47 Å². The molecule has 9 heteroatoms. The molecule has 8 nitrogen and oxygen atoms in total. The lowest BCUT2D eigenvalue weighted by molar-refractivity contribution is 0.0947. The Balaban J connectivity index is 1.19. The molecule has 0 saturated heterocycles. The molecule has 5 rings (SSSR count). The fourth-order valence-electron chi connectivity index (χ4n) is 4.78. The molecule has 0 saturated carbocycles. The molecule has 2 heterocycles. The SMILES string of the molecule is COc1cc2c(cc1OC)CN(CCNC(=O)c1ccc(C)c(Nc3nccc(-c4ccc(F)cc4)n3)c1)CC2. The highest BCUT2D eigenvalue weighted by Gasteiger charge is 2.19. The molecule has 40 heavy (non-hydrogen) atoms. The summed E-state index contributed by atoms with van der Waals surface area (Å²) in [4.78, 5) is 24.2. The summed E-state index contributed by atoms with van der Waals surface area (Å²) in [5.41, 5.74) is 6.17. The van der Waals surface area contributed by atoms with Crippen LogP contribution in [0.4, 0.5) is 16.0 Å². The van der Waals surface area contributed by atoms with Gasteiger partial charge in [-0.05, 0) is 84.6 Å². The third-order valence-corrected chi connectivity index (χ3v) is 7.05. The number of aromatic nitrogens is 2. The molecule has 0 unspecified atom stereocenters. The van der Waals surface area contributed by atoms with E-state index in [0.29, 0.717) is 23.8 Å². The number of benzene rings is 3. The summed E-state index contributed by atoms with van der Waals surface area (Å²) in [5.74, 6) is 1.42. The van der Waals surface area contributed by atoms with Crippen molar-refractivity contribution in [2.45, 2.75) is 19.9 Å². The lowest BCUT2D eigenvalue weighted by atomic mass is 9.99. The second-order valence-corrected chi connectivity index (χ2v) is 9.69. The second kappa shape index (κ2) is 12.1. The normalized spacial score (nSPS) is 12.9. The summed E-state index contributed by atoms with van der Waals surface area (Å²) < 4.78 is 24.2. The first-order valence-electron chi connectivity index (χ1n) is 13.1. The van der Waals surface area contributed by atoms with E-state index in [1.807, 2.05) is 25.1 Å². The van der Waals surface area contributed by atoms with Crippen LogP contribution in [0.5, 0.6) is 11.5 Å². The summed E-state index contributed by atoms with van der Waals surface area (Å²) in [6.07, 6.45) is 2.56. The van der Waals surface area contributed by atoms with Crippen molar-refractivity contribution < 1.29 is 18.7 Å². The molecule has 0 aliphatic carbocycles. The van der Waals surface area contributed by atoms with Gasteiger partial charge in [-0.1, -0.05) is 6.07 Å². The van der Waals surface area contributed by atoms with Crippen LogP contribution in [-0.4, -0.2) is 54.6 Å². The number of amides is 1. The van der Waals surface area contributed by atoms with E-state index in [1.165, 1.54) is 23.3 Å². The fraction of sp³-hybridized carbons (Fsp3) is 0.258. The lowest BCUT2D eigenvalue weighted by Gasteiger charge is -2.29. The van der Waals surface area contributed by atoms with Gasteiger partial charge in [-0.25, -0.2) is 14.4 Å². The zero-order valence-corrected chi connectivity index (χ0v) is 22.8. The van der Waals surface area contributed by atoms with Crippen LogP contribution in [-0.2, 0) is 13.0 Å². The fourth-order valence-corrected chi connectivity index (χ4v) is 4.78. The van der Waals surface area contributed by atoms with E-state index < -0.39 is 0 Å². The molecule has 0 spiro atoms. The Morgan fingerprint density at radius 3 is 2.50 bits per heavy atom. The summed E-state index contributed by atoms with van der Waals surface area (Å²) in [6, 6.07) is 17.5. The Kier molecular flexibility index (Phi) is 8.21. The summed E-state index contributed by atoms with van der Waals surface area (Å²) in [5, 5.41) is 6.26. The molecule has 1 aliphatic rings. The highest BCUT2D eigenvalue weighted by atomic mass is 19.1. The number of fused-ring (bicyclic) bond motifs is 1. The topological polar surface area (TPSA) is 88.6 Å². The van der Waals surface area contributed by atoms with Crippen LogP contribution in [0, 0.1) is 12.7 Å². The number of nitrogens with one attached hydrogen (secondary N) is 2. The molecular weight excluding hydrogens is 509 g/mol. The van der Waals surface area contributed by atoms with E-state index in [1.54, 1.807) is 44.7 Å². The lowest BCUT2D eigenvalue weighted by Crippen LogP contribution is -2.37. The predicted octanol–water partition coefficient (Wildman–Crippen LogP) is 5.14. The van der Waals surface area contributed by atoms with Gasteiger partial charge >= 0.3 is 0 Å². The van der Waals surface area contributed by atoms with E-state index in [9.17, 15) is 9.18 Å². The number of halogens is 1. The molecule has 0 atom stereocenters. The molecule has 2 N–H and O–H groups in total. The number of hydrogen-bond acceptors (Lipinski definition) is 7. The molecule has 0 fully saturated rings. The maximum absolute atomic E-state index is 13.3. The zero-order chi connectivity index (χ0) is 28.1. The number of carbonyl (C=O) groups excluding carboxylic acids is 1. The Morgan fingerprint density at radius 1 is 1.00 bits per heavy atom. The number of ether oxygens (including phenoxy) is 2. The van der Waals surface area contributed by atoms with Crippen molar-refractivity contribution in [2.24, 2.45) is 0 Å². The van der Waals surface area contributed by atoms with Gasteiger partial charge in [0.25, 0.3) is 5.91 Å². The number of carbonyl (C=O) groups is 1. The molecule has 4 aromatic rings. The van der Waals surface area contributed by atoms with Gasteiger partial charge < -0.3 is 20.1 Å². The van der Waals surface area contributed by atoms with Gasteiger partial charge in [-0.3, -0.25) is 9.69 Å². The van der Waals surface area contributed by atoms with Crippen molar-refractivity contribution >= 4 is 17.5 Å². The van der Waals surface area contributed by atoms with Crippen LogP contribution in [0.3, 0.4) is 0 Å². The molecule has 0 radical (unpaired) electrons. The minimum atomic E-state index is -0.301. The average Bonchev–Trinajstić information content (AvgIpc) is 2.98. The third-order valence-electron chi connectivity index (χ3n) is 7.05. The van der Waals surface area contributed by atoms with Gasteiger partial charge in [0, 0.05) is 49.2 Å². The van der Waals surface area contributed by atoms with Crippen molar-refractivity contribution in [1.82, 2.24) is 20.2 Å². The molecular formula is C31H32FN5O3. The number of nitrogens with zero attached hydrogens (tertiary/aromatic N) is 3. The maximum Gasteiger partial charge on any atom is 0.251 e. The van der Waals surface area contributed by atoms with E-state index in [0.717, 1.165) is 54.4 Å². The van der Waals surface area contributed by atoms with Crippen LogP contribution < -0.4 is 20.1 Å². The highest BCUT2D eigenvalue weighted by Crippen LogP contribution is 2.33. The van der Waals surface area contributed by atoms with Crippen LogP contribution in [0.15, 0.2) is 66.9 Å². The molecule has 206 valence electrons. The minimum Gasteiger partial charge on any atom is -0.493 e. The number of aryl methyl sites for hydroxylation is 1. The van der Waals surface area contributed by atoms with Gasteiger partial charge in [-0.15, -0.1) is 0 Å². The van der Waals surface area contributed by atoms with Gasteiger partial charge in [0.05, 0.1) is 19.9 Å². The molecule has 3 aromatic carbocycles. The quantitative estimate of drug-likeness (QED) is 0.303. The largest absolute Gasteiger partial charge is 0.493 e. The smallest absolute Gasteiger partial charge is 0.251 e. The van der Waals surface area contributed by atoms with Crippen LogP contribution in [0.25, 0.3) is 11.3 Å². The molecule has 1 amide bonds. The monoisotopic (exact) mass is 541 g/mol. The molecule has 1 aliphatic heterocycles. The number of rotatable bonds is 9. The van der Waals surface area contributed by atoms with E-state index in [-0.39, 0.29) is 11.7 Å². The van der Waals surface area contributed by atoms with Gasteiger partial charge in [0.2, 0.25) is 5.95 Å². The summed E-state index contributed by atoms with van der Waals surface area (Å²) in [7, 11) is 3.29. The van der Waals surface area contributed by atoms with E-state index in [2.05, 4.69) is 31.6 Å². The number of methoxy groups -OCH3 is 2. The average molecular weight is 542 g/mol. The number of hydrogen-bond donors (Lipinski definition) is 2. The van der Waals surface area contributed by atoms with Crippen LogP contribution >= 0.6 is 0 Å². The summed E-state index contributed by atoms with van der Waals surface area (Å²) in [6.45, 7) is 4.92. The first kappa shape index (κ1) is 27.1.